The van der Waals surface area contributed by atoms with E-state index >= 15 is 0 Å². The number of carbonyl (C=O) groups is 3. The van der Waals surface area contributed by atoms with Gasteiger partial charge in [-0.15, -0.1) is 0 Å². The molecule has 8 nitrogen and oxygen atoms in total. The van der Waals surface area contributed by atoms with Crippen molar-refractivity contribution in [3.05, 3.63) is 11.7 Å². The maximum atomic E-state index is 13.7. The zero-order valence-electron chi connectivity index (χ0n) is 17.3. The fourth-order valence-corrected chi connectivity index (χ4v) is 1.92. The van der Waals surface area contributed by atoms with Crippen molar-refractivity contribution in [2.24, 2.45) is 0 Å². The third-order valence-electron chi connectivity index (χ3n) is 3.04. The lowest BCUT2D eigenvalue weighted by molar-refractivity contribution is -0.147. The Bertz CT molecular complexity index is 578. The van der Waals surface area contributed by atoms with Crippen molar-refractivity contribution < 1.29 is 42.5 Å². The molecule has 0 aliphatic heterocycles. The van der Waals surface area contributed by atoms with Crippen molar-refractivity contribution in [2.75, 3.05) is 13.7 Å². The van der Waals surface area contributed by atoms with Crippen LogP contribution >= 0.6 is 0 Å². The molecule has 0 rings (SSSR count). The molecule has 0 saturated carbocycles. The van der Waals surface area contributed by atoms with Crippen molar-refractivity contribution in [3.63, 3.8) is 0 Å². The molecule has 162 valence electrons. The number of carbonyl (C=O) groups excluding carboxylic acids is 3. The number of aliphatic hydroxyl groups excluding tert-OH is 1. The molecular formula is C18H29F2NO7. The van der Waals surface area contributed by atoms with Crippen molar-refractivity contribution >= 4 is 18.2 Å². The van der Waals surface area contributed by atoms with Crippen LogP contribution in [-0.2, 0) is 19.0 Å². The second-order valence-corrected chi connectivity index (χ2v) is 7.88. The van der Waals surface area contributed by atoms with Crippen LogP contribution in [0.1, 0.15) is 54.4 Å². The van der Waals surface area contributed by atoms with E-state index in [1.807, 2.05) is 0 Å². The highest BCUT2D eigenvalue weighted by Crippen LogP contribution is 2.22. The first-order valence-electron chi connectivity index (χ1n) is 8.59. The number of imide groups is 1. The molecular weight excluding hydrogens is 380 g/mol. The highest BCUT2D eigenvalue weighted by atomic mass is 19.2. The third-order valence-corrected chi connectivity index (χ3v) is 3.04. The number of methoxy groups -OCH3 is 1. The molecule has 0 heterocycles. The van der Waals surface area contributed by atoms with Crippen LogP contribution in [0.2, 0.25) is 0 Å². The normalized spacial score (nSPS) is 13.9. The minimum atomic E-state index is -1.63. The summed E-state index contributed by atoms with van der Waals surface area (Å²) in [7, 11) is 1.01. The highest BCUT2D eigenvalue weighted by Gasteiger charge is 2.40. The molecule has 0 aliphatic rings. The number of aliphatic hydroxyl groups is 1. The minimum Gasteiger partial charge on any atom is -0.467 e. The van der Waals surface area contributed by atoms with E-state index in [1.165, 1.54) is 0 Å². The zero-order valence-corrected chi connectivity index (χ0v) is 17.3. The van der Waals surface area contributed by atoms with Gasteiger partial charge in [-0.05, 0) is 48.0 Å². The summed E-state index contributed by atoms with van der Waals surface area (Å²) in [6.07, 6.45) is -3.59. The van der Waals surface area contributed by atoms with E-state index in [4.69, 9.17) is 14.6 Å². The van der Waals surface area contributed by atoms with Crippen LogP contribution in [0.4, 0.5) is 18.4 Å². The molecule has 1 N–H and O–H groups in total. The summed E-state index contributed by atoms with van der Waals surface area (Å²) in [6.45, 7) is 8.12. The van der Waals surface area contributed by atoms with Gasteiger partial charge in [0.1, 0.15) is 23.1 Å². The number of amides is 2. The summed E-state index contributed by atoms with van der Waals surface area (Å²) in [5.41, 5.74) is -2.02. The van der Waals surface area contributed by atoms with Crippen molar-refractivity contribution in [2.45, 2.75) is 71.6 Å². The fraction of sp³-hybridized carbons (Fsp3) is 0.722. The summed E-state index contributed by atoms with van der Waals surface area (Å²) in [5.74, 6) is -3.77. The van der Waals surface area contributed by atoms with Gasteiger partial charge < -0.3 is 19.3 Å². The van der Waals surface area contributed by atoms with E-state index in [9.17, 15) is 23.2 Å². The van der Waals surface area contributed by atoms with E-state index < -0.39 is 66.5 Å². The number of allylic oxidation sites excluding steroid dienone is 1. The third kappa shape index (κ3) is 9.12. The molecule has 10 heteroatoms. The Balaban J connectivity index is 5.91. The van der Waals surface area contributed by atoms with Crippen LogP contribution < -0.4 is 0 Å². The summed E-state index contributed by atoms with van der Waals surface area (Å²) in [6, 6.07) is -1.63. The number of hydrogen-bond acceptors (Lipinski definition) is 7. The molecule has 0 saturated heterocycles. The Morgan fingerprint density at radius 1 is 0.929 bits per heavy atom. The summed E-state index contributed by atoms with van der Waals surface area (Å²) < 4.78 is 41.7. The molecule has 28 heavy (non-hydrogen) atoms. The molecule has 0 unspecified atom stereocenters. The average Bonchev–Trinajstić information content (AvgIpc) is 2.52. The maximum Gasteiger partial charge on any atom is 0.420 e. The van der Waals surface area contributed by atoms with Gasteiger partial charge in [-0.2, -0.15) is 4.90 Å². The maximum absolute atomic E-state index is 13.7. The highest BCUT2D eigenvalue weighted by molar-refractivity contribution is 5.94. The van der Waals surface area contributed by atoms with Gasteiger partial charge in [0.15, 0.2) is 5.83 Å². The lowest BCUT2D eigenvalue weighted by atomic mass is 10.1. The molecule has 0 spiro atoms. The van der Waals surface area contributed by atoms with Crippen molar-refractivity contribution in [3.8, 4) is 0 Å². The SMILES string of the molecule is COC(=O)[C@H](CC/C(F)=C(\F)CO)N(C(=O)OC(C)(C)C)C(=O)OC(C)(C)C. The minimum absolute atomic E-state index is 0.381. The molecule has 0 aromatic carbocycles. The first-order chi connectivity index (χ1) is 12.6. The van der Waals surface area contributed by atoms with Crippen LogP contribution in [0.15, 0.2) is 11.7 Å². The fourth-order valence-electron chi connectivity index (χ4n) is 1.92. The van der Waals surface area contributed by atoms with Crippen LogP contribution in [0.5, 0.6) is 0 Å². The van der Waals surface area contributed by atoms with Gasteiger partial charge in [0, 0.05) is 6.42 Å². The molecule has 2 amide bonds. The number of esters is 1. The van der Waals surface area contributed by atoms with Crippen LogP contribution in [0, 0.1) is 0 Å². The Morgan fingerprint density at radius 2 is 1.36 bits per heavy atom. The lowest BCUT2D eigenvalue weighted by Gasteiger charge is -2.32. The summed E-state index contributed by atoms with van der Waals surface area (Å²) in [5, 5.41) is 8.64. The first kappa shape index (κ1) is 25.8. The van der Waals surface area contributed by atoms with Crippen LogP contribution in [0.25, 0.3) is 0 Å². The predicted molar refractivity (Wildman–Crippen MR) is 95.7 cm³/mol. The number of rotatable bonds is 6. The lowest BCUT2D eigenvalue weighted by Crippen LogP contribution is -2.52. The van der Waals surface area contributed by atoms with Gasteiger partial charge in [0.05, 0.1) is 13.7 Å². The van der Waals surface area contributed by atoms with E-state index in [2.05, 4.69) is 4.74 Å². The quantitative estimate of drug-likeness (QED) is 0.528. The zero-order chi connectivity index (χ0) is 22.3. The van der Waals surface area contributed by atoms with Gasteiger partial charge in [0.2, 0.25) is 0 Å². The molecule has 0 fully saturated rings. The van der Waals surface area contributed by atoms with Gasteiger partial charge in [0.25, 0.3) is 0 Å². The van der Waals surface area contributed by atoms with E-state index in [1.54, 1.807) is 41.5 Å². The van der Waals surface area contributed by atoms with Gasteiger partial charge in [-0.25, -0.2) is 23.2 Å². The molecule has 0 aromatic rings. The standard InChI is InChI=1S/C18H29F2NO7/c1-17(2,3)27-15(24)21(16(25)28-18(4,5)6)13(14(23)26-7)9-8-11(19)12(20)10-22/h13,22H,8-10H2,1-7H3/b12-11+/t13-/m0/s1. The predicted octanol–water partition coefficient (Wildman–Crippen LogP) is 3.62. The van der Waals surface area contributed by atoms with Crippen LogP contribution in [-0.4, -0.2) is 59.1 Å². The smallest absolute Gasteiger partial charge is 0.420 e. The Labute approximate surface area is 163 Å². The number of ether oxygens (including phenoxy) is 3. The first-order valence-corrected chi connectivity index (χ1v) is 8.59. The molecule has 1 atom stereocenters. The van der Waals surface area contributed by atoms with E-state index in [0.717, 1.165) is 7.11 Å². The van der Waals surface area contributed by atoms with E-state index in [0.29, 0.717) is 4.90 Å². The van der Waals surface area contributed by atoms with E-state index in [-0.39, 0.29) is 0 Å². The van der Waals surface area contributed by atoms with Crippen LogP contribution in [0.3, 0.4) is 0 Å². The second-order valence-electron chi connectivity index (χ2n) is 7.88. The van der Waals surface area contributed by atoms with Crippen molar-refractivity contribution in [1.29, 1.82) is 0 Å². The molecule has 0 aliphatic carbocycles. The summed E-state index contributed by atoms with van der Waals surface area (Å²) in [4.78, 5) is 37.7. The van der Waals surface area contributed by atoms with Gasteiger partial charge in [-0.1, -0.05) is 0 Å². The van der Waals surface area contributed by atoms with Gasteiger partial charge >= 0.3 is 18.2 Å². The number of halogens is 2. The Morgan fingerprint density at radius 3 is 1.68 bits per heavy atom. The Kier molecular flexibility index (Phi) is 9.53. The topological polar surface area (TPSA) is 102 Å². The largest absolute Gasteiger partial charge is 0.467 e. The average molecular weight is 409 g/mol. The number of hydrogen-bond donors (Lipinski definition) is 1. The molecule has 0 aromatic heterocycles. The molecule has 0 radical (unpaired) electrons. The van der Waals surface area contributed by atoms with Crippen molar-refractivity contribution in [1.82, 2.24) is 4.90 Å². The Hall–Kier alpha value is -2.23. The second kappa shape index (κ2) is 10.4. The van der Waals surface area contributed by atoms with Gasteiger partial charge in [-0.3, -0.25) is 0 Å². The number of nitrogens with zero attached hydrogens (tertiary/aromatic N) is 1. The molecule has 0 bridgehead atoms. The monoisotopic (exact) mass is 409 g/mol. The summed E-state index contributed by atoms with van der Waals surface area (Å²) >= 11 is 0.